The van der Waals surface area contributed by atoms with E-state index in [0.29, 0.717) is 24.7 Å². The second-order valence-electron chi connectivity index (χ2n) is 3.89. The lowest BCUT2D eigenvalue weighted by Crippen LogP contribution is -2.39. The fourth-order valence-electron chi connectivity index (χ4n) is 1.41. The van der Waals surface area contributed by atoms with E-state index in [1.165, 1.54) is 7.11 Å². The van der Waals surface area contributed by atoms with E-state index in [-0.39, 0.29) is 24.9 Å². The van der Waals surface area contributed by atoms with Crippen LogP contribution in [-0.2, 0) is 14.3 Å². The number of carbonyl (C=O) groups is 1. The second-order valence-corrected chi connectivity index (χ2v) is 3.89. The molecular weight excluding hydrogens is 284 g/mol. The van der Waals surface area contributed by atoms with Gasteiger partial charge >= 0.3 is 0 Å². The SMILES string of the molecule is COCCOc1ccccc1NC(=O)C(N)COC.Cl. The molecule has 0 radical (unpaired) electrons. The maximum absolute atomic E-state index is 11.8. The molecule has 0 aliphatic carbocycles. The lowest BCUT2D eigenvalue weighted by atomic mass is 10.2. The summed E-state index contributed by atoms with van der Waals surface area (Å²) >= 11 is 0. The van der Waals surface area contributed by atoms with Crippen molar-refractivity contribution in [3.63, 3.8) is 0 Å². The van der Waals surface area contributed by atoms with Gasteiger partial charge in [0.25, 0.3) is 0 Å². The van der Waals surface area contributed by atoms with Crippen LogP contribution in [-0.4, -0.2) is 46.0 Å². The molecule has 0 aliphatic rings. The van der Waals surface area contributed by atoms with Crippen LogP contribution in [0.2, 0.25) is 0 Å². The van der Waals surface area contributed by atoms with Crippen LogP contribution in [0.15, 0.2) is 24.3 Å². The fourth-order valence-corrected chi connectivity index (χ4v) is 1.41. The molecule has 0 fully saturated rings. The number of nitrogens with one attached hydrogen (secondary N) is 1. The van der Waals surface area contributed by atoms with Gasteiger partial charge in [0, 0.05) is 14.2 Å². The molecule has 0 aromatic heterocycles. The summed E-state index contributed by atoms with van der Waals surface area (Å²) in [5.41, 5.74) is 6.23. The zero-order chi connectivity index (χ0) is 14.1. The van der Waals surface area contributed by atoms with E-state index >= 15 is 0 Å². The number of benzene rings is 1. The van der Waals surface area contributed by atoms with E-state index in [4.69, 9.17) is 19.9 Å². The number of methoxy groups -OCH3 is 2. The Balaban J connectivity index is 0.00000361. The summed E-state index contributed by atoms with van der Waals surface area (Å²) < 4.78 is 15.3. The van der Waals surface area contributed by atoms with Crippen LogP contribution in [0.3, 0.4) is 0 Å². The van der Waals surface area contributed by atoms with Crippen molar-refractivity contribution in [3.05, 3.63) is 24.3 Å². The lowest BCUT2D eigenvalue weighted by molar-refractivity contribution is -0.118. The van der Waals surface area contributed by atoms with Crippen molar-refractivity contribution in [1.29, 1.82) is 0 Å². The number of hydrogen-bond acceptors (Lipinski definition) is 5. The molecule has 1 unspecified atom stereocenters. The highest BCUT2D eigenvalue weighted by Crippen LogP contribution is 2.23. The van der Waals surface area contributed by atoms with Crippen molar-refractivity contribution in [2.24, 2.45) is 5.73 Å². The molecular formula is C13H21ClN2O4. The maximum Gasteiger partial charge on any atom is 0.243 e. The van der Waals surface area contributed by atoms with Gasteiger partial charge in [-0.3, -0.25) is 4.79 Å². The molecule has 1 amide bonds. The first kappa shape index (κ1) is 18.7. The number of para-hydroxylation sites is 2. The predicted molar refractivity (Wildman–Crippen MR) is 79.5 cm³/mol. The summed E-state index contributed by atoms with van der Waals surface area (Å²) in [5, 5.41) is 2.71. The Labute approximate surface area is 125 Å². The quantitative estimate of drug-likeness (QED) is 0.701. The van der Waals surface area contributed by atoms with Gasteiger partial charge in [0.1, 0.15) is 18.4 Å². The third kappa shape index (κ3) is 6.21. The predicted octanol–water partition coefficient (Wildman–Crippen LogP) is 1.05. The van der Waals surface area contributed by atoms with Gasteiger partial charge in [-0.1, -0.05) is 12.1 Å². The normalized spacial score (nSPS) is 11.3. The zero-order valence-corrected chi connectivity index (χ0v) is 12.4. The highest BCUT2D eigenvalue weighted by molar-refractivity contribution is 5.96. The topological polar surface area (TPSA) is 82.8 Å². The van der Waals surface area contributed by atoms with Crippen molar-refractivity contribution >= 4 is 24.0 Å². The molecule has 0 spiro atoms. The molecule has 0 heterocycles. The van der Waals surface area contributed by atoms with Crippen LogP contribution >= 0.6 is 12.4 Å². The van der Waals surface area contributed by atoms with Gasteiger partial charge in [0.05, 0.1) is 18.9 Å². The van der Waals surface area contributed by atoms with E-state index < -0.39 is 6.04 Å². The molecule has 1 aromatic carbocycles. The lowest BCUT2D eigenvalue weighted by Gasteiger charge is -2.14. The van der Waals surface area contributed by atoms with Gasteiger partial charge in [-0.2, -0.15) is 0 Å². The number of halogens is 1. The van der Waals surface area contributed by atoms with Gasteiger partial charge in [0.15, 0.2) is 0 Å². The molecule has 0 saturated heterocycles. The molecule has 6 nitrogen and oxygen atoms in total. The highest BCUT2D eigenvalue weighted by Gasteiger charge is 2.14. The second kappa shape index (κ2) is 10.4. The number of anilines is 1. The number of hydrogen-bond donors (Lipinski definition) is 2. The minimum atomic E-state index is -0.711. The first-order valence-corrected chi connectivity index (χ1v) is 5.95. The van der Waals surface area contributed by atoms with Crippen molar-refractivity contribution in [2.45, 2.75) is 6.04 Å². The fraction of sp³-hybridized carbons (Fsp3) is 0.462. The summed E-state index contributed by atoms with van der Waals surface area (Å²) in [7, 11) is 3.09. The van der Waals surface area contributed by atoms with E-state index in [0.717, 1.165) is 0 Å². The standard InChI is InChI=1S/C13H20N2O4.ClH/c1-17-7-8-19-12-6-4-3-5-11(12)15-13(16)10(14)9-18-2;/h3-6,10H,7-9,14H2,1-2H3,(H,15,16);1H. The molecule has 7 heteroatoms. The zero-order valence-electron chi connectivity index (χ0n) is 11.6. The number of rotatable bonds is 8. The van der Waals surface area contributed by atoms with Crippen LogP contribution in [0.25, 0.3) is 0 Å². The van der Waals surface area contributed by atoms with Gasteiger partial charge in [-0.25, -0.2) is 0 Å². The molecule has 1 aromatic rings. The molecule has 114 valence electrons. The number of ether oxygens (including phenoxy) is 3. The summed E-state index contributed by atoms with van der Waals surface area (Å²) in [6, 6.07) is 6.44. The number of nitrogens with two attached hydrogens (primary N) is 1. The van der Waals surface area contributed by atoms with E-state index in [9.17, 15) is 4.79 Å². The van der Waals surface area contributed by atoms with Crippen LogP contribution in [0.4, 0.5) is 5.69 Å². The molecule has 1 rings (SSSR count). The molecule has 0 saturated carbocycles. The van der Waals surface area contributed by atoms with E-state index in [1.54, 1.807) is 25.3 Å². The Morgan fingerprint density at radius 3 is 2.60 bits per heavy atom. The molecule has 0 aliphatic heterocycles. The van der Waals surface area contributed by atoms with Crippen LogP contribution in [0.5, 0.6) is 5.75 Å². The molecule has 20 heavy (non-hydrogen) atoms. The van der Waals surface area contributed by atoms with Crippen molar-refractivity contribution in [1.82, 2.24) is 0 Å². The van der Waals surface area contributed by atoms with Crippen molar-refractivity contribution in [3.8, 4) is 5.75 Å². The summed E-state index contributed by atoms with van der Waals surface area (Å²) in [6.45, 7) is 1.05. The number of amides is 1. The Morgan fingerprint density at radius 2 is 1.95 bits per heavy atom. The maximum atomic E-state index is 11.8. The Bertz CT molecular complexity index is 404. The molecule has 3 N–H and O–H groups in total. The Morgan fingerprint density at radius 1 is 1.25 bits per heavy atom. The van der Waals surface area contributed by atoms with E-state index in [2.05, 4.69) is 5.32 Å². The largest absolute Gasteiger partial charge is 0.489 e. The minimum Gasteiger partial charge on any atom is -0.489 e. The summed E-state index contributed by atoms with van der Waals surface area (Å²) in [4.78, 5) is 11.8. The van der Waals surface area contributed by atoms with Crippen LogP contribution in [0, 0.1) is 0 Å². The highest BCUT2D eigenvalue weighted by atomic mass is 35.5. The number of carbonyl (C=O) groups excluding carboxylic acids is 1. The molecule has 1 atom stereocenters. The average Bonchev–Trinajstić information content (AvgIpc) is 2.41. The van der Waals surface area contributed by atoms with Crippen molar-refractivity contribution < 1.29 is 19.0 Å². The van der Waals surface area contributed by atoms with Gasteiger partial charge in [-0.05, 0) is 12.1 Å². The Hall–Kier alpha value is -1.34. The van der Waals surface area contributed by atoms with Gasteiger partial charge < -0.3 is 25.3 Å². The third-order valence-electron chi connectivity index (χ3n) is 2.37. The van der Waals surface area contributed by atoms with Crippen molar-refractivity contribution in [2.75, 3.05) is 39.4 Å². The van der Waals surface area contributed by atoms with E-state index in [1.807, 2.05) is 6.07 Å². The first-order chi connectivity index (χ1) is 9.19. The Kier molecular flexibility index (Phi) is 9.75. The summed E-state index contributed by atoms with van der Waals surface area (Å²) in [5.74, 6) is 0.266. The first-order valence-electron chi connectivity index (χ1n) is 5.95. The minimum absolute atomic E-state index is 0. The third-order valence-corrected chi connectivity index (χ3v) is 2.37. The monoisotopic (exact) mass is 304 g/mol. The average molecular weight is 305 g/mol. The smallest absolute Gasteiger partial charge is 0.243 e. The van der Waals surface area contributed by atoms with Crippen LogP contribution in [0.1, 0.15) is 0 Å². The molecule has 0 bridgehead atoms. The summed E-state index contributed by atoms with van der Waals surface area (Å²) in [6.07, 6.45) is 0. The van der Waals surface area contributed by atoms with Gasteiger partial charge in [-0.15, -0.1) is 12.4 Å². The van der Waals surface area contributed by atoms with Crippen LogP contribution < -0.4 is 15.8 Å². The van der Waals surface area contributed by atoms with Gasteiger partial charge in [0.2, 0.25) is 5.91 Å².